The molecular formula is C21H26N2O5S2. The first kappa shape index (κ1) is 21.3. The molecule has 2 aromatic rings. The summed E-state index contributed by atoms with van der Waals surface area (Å²) in [6.07, 6.45) is 2.74. The van der Waals surface area contributed by atoms with Gasteiger partial charge in [0.2, 0.25) is 20.0 Å². The molecule has 162 valence electrons. The SMILES string of the molecule is COC1(CNS(=O)(=O)c2ccc(N3CCCCS3(=O)=O)cc2)Cc2ccccc2C1. The molecule has 4 rings (SSSR count). The lowest BCUT2D eigenvalue weighted by molar-refractivity contribution is 0.00378. The van der Waals surface area contributed by atoms with Crippen molar-refractivity contribution < 1.29 is 21.6 Å². The molecule has 2 aliphatic rings. The molecule has 0 spiro atoms. The van der Waals surface area contributed by atoms with E-state index in [0.717, 1.165) is 6.42 Å². The van der Waals surface area contributed by atoms with E-state index in [4.69, 9.17) is 4.74 Å². The van der Waals surface area contributed by atoms with E-state index in [1.54, 1.807) is 19.2 Å². The summed E-state index contributed by atoms with van der Waals surface area (Å²) in [5.74, 6) is 0.121. The standard InChI is InChI=1S/C21H26N2O5S2/c1-28-21(14-17-6-2-3-7-18(17)15-21)16-22-30(26,27)20-10-8-19(9-11-20)23-12-4-5-13-29(23,24)25/h2-3,6-11,22H,4-5,12-16H2,1H3. The summed E-state index contributed by atoms with van der Waals surface area (Å²) in [6, 6.07) is 14.0. The number of fused-ring (bicyclic) bond motifs is 1. The molecule has 30 heavy (non-hydrogen) atoms. The van der Waals surface area contributed by atoms with Crippen LogP contribution in [0.5, 0.6) is 0 Å². The molecular weight excluding hydrogens is 424 g/mol. The minimum absolute atomic E-state index is 0.0995. The average molecular weight is 451 g/mol. The first-order valence-corrected chi connectivity index (χ1v) is 13.1. The number of ether oxygens (including phenoxy) is 1. The zero-order valence-electron chi connectivity index (χ0n) is 16.9. The number of nitrogens with zero attached hydrogens (tertiary/aromatic N) is 1. The monoisotopic (exact) mass is 450 g/mol. The Kier molecular flexibility index (Phi) is 5.65. The molecule has 0 saturated carbocycles. The maximum absolute atomic E-state index is 12.8. The topological polar surface area (TPSA) is 92.8 Å². The summed E-state index contributed by atoms with van der Waals surface area (Å²) in [5.41, 5.74) is 2.23. The summed E-state index contributed by atoms with van der Waals surface area (Å²) in [6.45, 7) is 0.576. The molecule has 0 aromatic heterocycles. The molecule has 0 amide bonds. The molecule has 1 fully saturated rings. The Morgan fingerprint density at radius 1 is 1.03 bits per heavy atom. The van der Waals surface area contributed by atoms with E-state index in [2.05, 4.69) is 4.72 Å². The zero-order valence-corrected chi connectivity index (χ0v) is 18.5. The summed E-state index contributed by atoms with van der Waals surface area (Å²) in [7, 11) is -5.48. The van der Waals surface area contributed by atoms with E-state index in [1.165, 1.54) is 27.6 Å². The van der Waals surface area contributed by atoms with Crippen LogP contribution < -0.4 is 9.03 Å². The number of sulfonamides is 2. The van der Waals surface area contributed by atoms with Crippen LogP contribution >= 0.6 is 0 Å². The number of hydrogen-bond donors (Lipinski definition) is 1. The fourth-order valence-corrected chi connectivity index (χ4v) is 6.93. The van der Waals surface area contributed by atoms with E-state index in [1.807, 2.05) is 24.3 Å². The van der Waals surface area contributed by atoms with Gasteiger partial charge in [0.05, 0.1) is 21.9 Å². The van der Waals surface area contributed by atoms with Crippen molar-refractivity contribution in [2.24, 2.45) is 0 Å². The first-order chi connectivity index (χ1) is 14.2. The second-order valence-electron chi connectivity index (χ2n) is 7.92. The number of benzene rings is 2. The lowest BCUT2D eigenvalue weighted by Gasteiger charge is -2.28. The largest absolute Gasteiger partial charge is 0.376 e. The molecule has 7 nitrogen and oxygen atoms in total. The molecule has 0 radical (unpaired) electrons. The van der Waals surface area contributed by atoms with Crippen LogP contribution in [-0.2, 0) is 37.6 Å². The Morgan fingerprint density at radius 3 is 2.23 bits per heavy atom. The molecule has 1 aliphatic carbocycles. The van der Waals surface area contributed by atoms with Crippen LogP contribution in [0.25, 0.3) is 0 Å². The Bertz CT molecular complexity index is 1100. The van der Waals surface area contributed by atoms with Crippen LogP contribution in [0, 0.1) is 0 Å². The Labute approximate surface area is 178 Å². The number of methoxy groups -OCH3 is 1. The molecule has 1 N–H and O–H groups in total. The first-order valence-electron chi connectivity index (χ1n) is 9.97. The summed E-state index contributed by atoms with van der Waals surface area (Å²) in [4.78, 5) is 0.0995. The Morgan fingerprint density at radius 2 is 1.67 bits per heavy atom. The minimum atomic E-state index is -3.76. The smallest absolute Gasteiger partial charge is 0.240 e. The molecule has 1 heterocycles. The molecule has 2 aromatic carbocycles. The van der Waals surface area contributed by atoms with Gasteiger partial charge in [-0.15, -0.1) is 0 Å². The fraction of sp³-hybridized carbons (Fsp3) is 0.429. The van der Waals surface area contributed by atoms with Crippen LogP contribution in [0.2, 0.25) is 0 Å². The lowest BCUT2D eigenvalue weighted by atomic mass is 10.0. The van der Waals surface area contributed by atoms with E-state index >= 15 is 0 Å². The quantitative estimate of drug-likeness (QED) is 0.727. The van der Waals surface area contributed by atoms with Gasteiger partial charge in [-0.25, -0.2) is 21.6 Å². The van der Waals surface area contributed by atoms with Gasteiger partial charge in [-0.05, 0) is 48.2 Å². The lowest BCUT2D eigenvalue weighted by Crippen LogP contribution is -2.45. The van der Waals surface area contributed by atoms with E-state index in [9.17, 15) is 16.8 Å². The Hall–Kier alpha value is -1.94. The van der Waals surface area contributed by atoms with E-state index in [-0.39, 0.29) is 17.2 Å². The molecule has 0 bridgehead atoms. The van der Waals surface area contributed by atoms with Gasteiger partial charge < -0.3 is 4.74 Å². The Balaban J connectivity index is 1.48. The highest BCUT2D eigenvalue weighted by atomic mass is 32.2. The van der Waals surface area contributed by atoms with E-state index in [0.29, 0.717) is 31.5 Å². The third kappa shape index (κ3) is 4.12. The van der Waals surface area contributed by atoms with Crippen molar-refractivity contribution in [1.29, 1.82) is 0 Å². The molecule has 9 heteroatoms. The normalized spacial score (nSPS) is 20.1. The highest BCUT2D eigenvalue weighted by Gasteiger charge is 2.38. The van der Waals surface area contributed by atoms with Crippen molar-refractivity contribution in [1.82, 2.24) is 4.72 Å². The highest BCUT2D eigenvalue weighted by molar-refractivity contribution is 7.92. The van der Waals surface area contributed by atoms with Crippen LogP contribution in [0.3, 0.4) is 0 Å². The van der Waals surface area contributed by atoms with Gasteiger partial charge in [0.15, 0.2) is 0 Å². The van der Waals surface area contributed by atoms with Crippen LogP contribution in [0.4, 0.5) is 5.69 Å². The second-order valence-corrected chi connectivity index (χ2v) is 11.7. The molecule has 1 saturated heterocycles. The average Bonchev–Trinajstić information content (AvgIpc) is 3.12. The van der Waals surface area contributed by atoms with Crippen molar-refractivity contribution >= 4 is 25.7 Å². The molecule has 0 atom stereocenters. The maximum atomic E-state index is 12.8. The molecule has 1 aliphatic heterocycles. The number of rotatable bonds is 6. The van der Waals surface area contributed by atoms with Gasteiger partial charge in [-0.2, -0.15) is 0 Å². The number of nitrogens with one attached hydrogen (secondary N) is 1. The molecule has 0 unspecified atom stereocenters. The predicted octanol–water partition coefficient (Wildman–Crippen LogP) is 2.08. The third-order valence-electron chi connectivity index (χ3n) is 5.95. The van der Waals surface area contributed by atoms with Crippen molar-refractivity contribution in [3.8, 4) is 0 Å². The van der Waals surface area contributed by atoms with Gasteiger partial charge in [0.25, 0.3) is 0 Å². The third-order valence-corrected chi connectivity index (χ3v) is 9.23. The van der Waals surface area contributed by atoms with Crippen molar-refractivity contribution in [2.45, 2.75) is 36.2 Å². The van der Waals surface area contributed by atoms with Crippen molar-refractivity contribution in [3.05, 3.63) is 59.7 Å². The van der Waals surface area contributed by atoms with Gasteiger partial charge in [0, 0.05) is 33.0 Å². The summed E-state index contributed by atoms with van der Waals surface area (Å²) < 4.78 is 60.0. The van der Waals surface area contributed by atoms with Gasteiger partial charge in [0.1, 0.15) is 0 Å². The van der Waals surface area contributed by atoms with Gasteiger partial charge in [-0.1, -0.05) is 24.3 Å². The van der Waals surface area contributed by atoms with E-state index < -0.39 is 25.6 Å². The van der Waals surface area contributed by atoms with Crippen molar-refractivity contribution in [3.63, 3.8) is 0 Å². The van der Waals surface area contributed by atoms with Gasteiger partial charge >= 0.3 is 0 Å². The number of hydrogen-bond acceptors (Lipinski definition) is 5. The maximum Gasteiger partial charge on any atom is 0.240 e. The number of anilines is 1. The fourth-order valence-electron chi connectivity index (χ4n) is 4.18. The zero-order chi connectivity index (χ0) is 21.4. The highest BCUT2D eigenvalue weighted by Crippen LogP contribution is 2.32. The van der Waals surface area contributed by atoms with Crippen LogP contribution in [0.1, 0.15) is 24.0 Å². The predicted molar refractivity (Wildman–Crippen MR) is 116 cm³/mol. The van der Waals surface area contributed by atoms with Crippen LogP contribution in [-0.4, -0.2) is 48.4 Å². The summed E-state index contributed by atoms with van der Waals surface area (Å²) in [5, 5.41) is 0. The van der Waals surface area contributed by atoms with Crippen molar-refractivity contribution in [2.75, 3.05) is 30.3 Å². The minimum Gasteiger partial charge on any atom is -0.376 e. The van der Waals surface area contributed by atoms with Gasteiger partial charge in [-0.3, -0.25) is 4.31 Å². The second kappa shape index (κ2) is 7.96. The van der Waals surface area contributed by atoms with Crippen LogP contribution in [0.15, 0.2) is 53.4 Å². The summed E-state index contributed by atoms with van der Waals surface area (Å²) >= 11 is 0.